The van der Waals surface area contributed by atoms with Gasteiger partial charge in [0.25, 0.3) is 0 Å². The number of methoxy groups -OCH3 is 1. The van der Waals surface area contributed by atoms with Gasteiger partial charge in [-0.2, -0.15) is 0 Å². The molecule has 1 heterocycles. The summed E-state index contributed by atoms with van der Waals surface area (Å²) >= 11 is 5.37. The van der Waals surface area contributed by atoms with Gasteiger partial charge < -0.3 is 19.8 Å². The number of nitrogens with one attached hydrogen (secondary N) is 2. The first-order chi connectivity index (χ1) is 11.2. The summed E-state index contributed by atoms with van der Waals surface area (Å²) in [5.74, 6) is 1.63. The second kappa shape index (κ2) is 6.71. The monoisotopic (exact) mass is 326 g/mol. The van der Waals surface area contributed by atoms with Gasteiger partial charge in [-0.15, -0.1) is 0 Å². The molecule has 1 atom stereocenters. The molecular weight excluding hydrogens is 308 g/mol. The maximum atomic E-state index is 5.85. The van der Waals surface area contributed by atoms with Crippen molar-refractivity contribution in [3.05, 3.63) is 60.4 Å². The van der Waals surface area contributed by atoms with Crippen LogP contribution in [0.15, 0.2) is 59.0 Å². The number of ether oxygens (including phenoxy) is 1. The molecule has 0 bridgehead atoms. The van der Waals surface area contributed by atoms with Crippen LogP contribution in [0.5, 0.6) is 5.75 Å². The van der Waals surface area contributed by atoms with E-state index < -0.39 is 0 Å². The molecule has 1 aromatic heterocycles. The first-order valence-corrected chi connectivity index (χ1v) is 7.76. The van der Waals surface area contributed by atoms with E-state index in [1.807, 2.05) is 61.5 Å². The molecule has 0 unspecified atom stereocenters. The molecule has 0 aliphatic heterocycles. The SMILES string of the molecule is COc1cccc(NC(=S)N[C@H](C)c2cc3ccccc3o2)c1. The Morgan fingerprint density at radius 1 is 1.13 bits per heavy atom. The Morgan fingerprint density at radius 2 is 1.96 bits per heavy atom. The zero-order valence-electron chi connectivity index (χ0n) is 13.0. The summed E-state index contributed by atoms with van der Waals surface area (Å²) in [6.07, 6.45) is 0. The highest BCUT2D eigenvalue weighted by atomic mass is 32.1. The van der Waals surface area contributed by atoms with Gasteiger partial charge in [-0.25, -0.2) is 0 Å². The van der Waals surface area contributed by atoms with E-state index in [2.05, 4.69) is 10.6 Å². The molecule has 2 N–H and O–H groups in total. The fourth-order valence-corrected chi connectivity index (χ4v) is 2.65. The van der Waals surface area contributed by atoms with Gasteiger partial charge in [-0.1, -0.05) is 24.3 Å². The molecule has 0 radical (unpaired) electrons. The molecule has 0 aliphatic rings. The van der Waals surface area contributed by atoms with E-state index in [4.69, 9.17) is 21.4 Å². The van der Waals surface area contributed by atoms with Gasteiger partial charge in [0, 0.05) is 17.1 Å². The zero-order valence-corrected chi connectivity index (χ0v) is 13.8. The number of hydrogen-bond acceptors (Lipinski definition) is 3. The average molecular weight is 326 g/mol. The highest BCUT2D eigenvalue weighted by molar-refractivity contribution is 7.80. The van der Waals surface area contributed by atoms with E-state index in [1.165, 1.54) is 0 Å². The minimum atomic E-state index is -0.0343. The molecule has 0 aliphatic carbocycles. The number of hydrogen-bond donors (Lipinski definition) is 2. The van der Waals surface area contributed by atoms with Crippen LogP contribution in [0, 0.1) is 0 Å². The second-order valence-corrected chi connectivity index (χ2v) is 5.65. The molecule has 23 heavy (non-hydrogen) atoms. The third-order valence-electron chi connectivity index (χ3n) is 3.55. The Morgan fingerprint density at radius 3 is 2.74 bits per heavy atom. The van der Waals surface area contributed by atoms with Gasteiger partial charge in [0.1, 0.15) is 17.1 Å². The van der Waals surface area contributed by atoms with Gasteiger partial charge in [0.2, 0.25) is 0 Å². The molecule has 3 aromatic rings. The third-order valence-corrected chi connectivity index (χ3v) is 3.77. The molecule has 0 saturated carbocycles. The first-order valence-electron chi connectivity index (χ1n) is 7.36. The van der Waals surface area contributed by atoms with Crippen molar-refractivity contribution in [1.82, 2.24) is 5.32 Å². The van der Waals surface area contributed by atoms with Crippen LogP contribution in [-0.2, 0) is 0 Å². The van der Waals surface area contributed by atoms with Crippen molar-refractivity contribution in [1.29, 1.82) is 0 Å². The summed E-state index contributed by atoms with van der Waals surface area (Å²) in [5.41, 5.74) is 1.75. The number of thiocarbonyl (C=S) groups is 1. The highest BCUT2D eigenvalue weighted by Crippen LogP contribution is 2.23. The number of fused-ring (bicyclic) bond motifs is 1. The van der Waals surface area contributed by atoms with Crippen molar-refractivity contribution < 1.29 is 9.15 Å². The Bertz CT molecular complexity index is 796. The van der Waals surface area contributed by atoms with Crippen LogP contribution in [0.25, 0.3) is 11.0 Å². The van der Waals surface area contributed by atoms with Crippen molar-refractivity contribution in [3.8, 4) is 5.75 Å². The summed E-state index contributed by atoms with van der Waals surface area (Å²) in [6.45, 7) is 2.01. The zero-order chi connectivity index (χ0) is 16.2. The Balaban J connectivity index is 1.66. The number of para-hydroxylation sites is 1. The average Bonchev–Trinajstić information content (AvgIpc) is 2.99. The largest absolute Gasteiger partial charge is 0.497 e. The van der Waals surface area contributed by atoms with E-state index in [0.29, 0.717) is 5.11 Å². The predicted molar refractivity (Wildman–Crippen MR) is 97.0 cm³/mol. The van der Waals surface area contributed by atoms with Crippen LogP contribution in [-0.4, -0.2) is 12.2 Å². The summed E-state index contributed by atoms with van der Waals surface area (Å²) < 4.78 is 11.0. The molecule has 5 heteroatoms. The van der Waals surface area contributed by atoms with E-state index >= 15 is 0 Å². The quantitative estimate of drug-likeness (QED) is 0.692. The third kappa shape index (κ3) is 3.63. The van der Waals surface area contributed by atoms with E-state index in [-0.39, 0.29) is 6.04 Å². The van der Waals surface area contributed by atoms with Crippen LogP contribution in [0.4, 0.5) is 5.69 Å². The molecule has 0 spiro atoms. The minimum absolute atomic E-state index is 0.0343. The van der Waals surface area contributed by atoms with Gasteiger partial charge in [0.05, 0.1) is 13.2 Å². The lowest BCUT2D eigenvalue weighted by Crippen LogP contribution is -2.30. The molecule has 0 saturated heterocycles. The summed E-state index contributed by atoms with van der Waals surface area (Å²) in [7, 11) is 1.64. The fraction of sp³-hybridized carbons (Fsp3) is 0.167. The van der Waals surface area contributed by atoms with Gasteiger partial charge in [-0.3, -0.25) is 0 Å². The van der Waals surface area contributed by atoms with Crippen LogP contribution in [0.3, 0.4) is 0 Å². The normalized spacial score (nSPS) is 11.9. The van der Waals surface area contributed by atoms with Crippen molar-refractivity contribution in [3.63, 3.8) is 0 Å². The lowest BCUT2D eigenvalue weighted by Gasteiger charge is -2.15. The smallest absolute Gasteiger partial charge is 0.171 e. The minimum Gasteiger partial charge on any atom is -0.497 e. The van der Waals surface area contributed by atoms with E-state index in [1.54, 1.807) is 7.11 Å². The van der Waals surface area contributed by atoms with Gasteiger partial charge in [0.15, 0.2) is 5.11 Å². The van der Waals surface area contributed by atoms with E-state index in [9.17, 15) is 0 Å². The van der Waals surface area contributed by atoms with Gasteiger partial charge >= 0.3 is 0 Å². The lowest BCUT2D eigenvalue weighted by molar-refractivity contribution is 0.415. The van der Waals surface area contributed by atoms with Crippen LogP contribution >= 0.6 is 12.2 Å². The van der Waals surface area contributed by atoms with E-state index in [0.717, 1.165) is 28.2 Å². The summed E-state index contributed by atoms with van der Waals surface area (Å²) in [5, 5.41) is 8.00. The van der Waals surface area contributed by atoms with Crippen molar-refractivity contribution in [2.75, 3.05) is 12.4 Å². The van der Waals surface area contributed by atoms with Crippen LogP contribution in [0.1, 0.15) is 18.7 Å². The number of rotatable bonds is 4. The van der Waals surface area contributed by atoms with Gasteiger partial charge in [-0.05, 0) is 43.4 Å². The number of benzene rings is 2. The Kier molecular flexibility index (Phi) is 4.48. The fourth-order valence-electron chi connectivity index (χ4n) is 2.35. The van der Waals surface area contributed by atoms with Crippen LogP contribution < -0.4 is 15.4 Å². The Labute approximate surface area is 140 Å². The molecule has 118 valence electrons. The summed E-state index contributed by atoms with van der Waals surface area (Å²) in [4.78, 5) is 0. The topological polar surface area (TPSA) is 46.4 Å². The second-order valence-electron chi connectivity index (χ2n) is 5.24. The number of anilines is 1. The first kappa shape index (κ1) is 15.4. The molecule has 0 fully saturated rings. The van der Waals surface area contributed by atoms with Crippen LogP contribution in [0.2, 0.25) is 0 Å². The molecular formula is C18H18N2O2S. The molecule has 4 nitrogen and oxygen atoms in total. The van der Waals surface area contributed by atoms with Crippen molar-refractivity contribution >= 4 is 34.0 Å². The lowest BCUT2D eigenvalue weighted by atomic mass is 10.2. The van der Waals surface area contributed by atoms with Crippen molar-refractivity contribution in [2.24, 2.45) is 0 Å². The standard InChI is InChI=1S/C18H18N2O2S/c1-12(17-10-13-6-3-4-9-16(13)22-17)19-18(23)20-14-7-5-8-15(11-14)21-2/h3-12H,1-2H3,(H2,19,20,23)/t12-/m1/s1. The molecule has 3 rings (SSSR count). The molecule has 0 amide bonds. The number of furan rings is 1. The van der Waals surface area contributed by atoms with Crippen molar-refractivity contribution in [2.45, 2.75) is 13.0 Å². The molecule has 2 aromatic carbocycles. The predicted octanol–water partition coefficient (Wildman–Crippen LogP) is 4.49. The maximum absolute atomic E-state index is 5.85. The maximum Gasteiger partial charge on any atom is 0.171 e. The highest BCUT2D eigenvalue weighted by Gasteiger charge is 2.12. The summed E-state index contributed by atoms with van der Waals surface area (Å²) in [6, 6.07) is 17.6. The Hall–Kier alpha value is -2.53.